The summed E-state index contributed by atoms with van der Waals surface area (Å²) in [6.07, 6.45) is 1.09. The van der Waals surface area contributed by atoms with E-state index in [0.717, 1.165) is 12.1 Å². The summed E-state index contributed by atoms with van der Waals surface area (Å²) in [5.41, 5.74) is 3.52. The van der Waals surface area contributed by atoms with Gasteiger partial charge in [-0.15, -0.1) is 0 Å². The number of anilines is 1. The van der Waals surface area contributed by atoms with Crippen LogP contribution in [0.4, 0.5) is 5.69 Å². The molecule has 2 rings (SSSR count). The lowest BCUT2D eigenvalue weighted by Crippen LogP contribution is -2.40. The topological polar surface area (TPSA) is 29.3 Å². The molecule has 0 aliphatic carbocycles. The average Bonchev–Trinajstić information content (AvgIpc) is 2.47. The molecule has 0 radical (unpaired) electrons. The zero-order valence-corrected chi connectivity index (χ0v) is 12.6. The molecular formula is C18H24N2. The van der Waals surface area contributed by atoms with Gasteiger partial charge >= 0.3 is 0 Å². The second kappa shape index (κ2) is 6.58. The van der Waals surface area contributed by atoms with Crippen molar-refractivity contribution in [3.63, 3.8) is 0 Å². The Morgan fingerprint density at radius 2 is 1.40 bits per heavy atom. The molecule has 0 aliphatic heterocycles. The largest absolute Gasteiger partial charge is 0.308 e. The van der Waals surface area contributed by atoms with E-state index in [0.29, 0.717) is 12.0 Å². The van der Waals surface area contributed by atoms with Crippen LogP contribution in [0.5, 0.6) is 0 Å². The van der Waals surface area contributed by atoms with Crippen LogP contribution in [-0.2, 0) is 0 Å². The molecular weight excluding hydrogens is 244 g/mol. The van der Waals surface area contributed by atoms with Gasteiger partial charge in [-0.1, -0.05) is 56.3 Å². The van der Waals surface area contributed by atoms with E-state index in [1.807, 2.05) is 11.1 Å². The van der Waals surface area contributed by atoms with Gasteiger partial charge in [-0.05, 0) is 42.5 Å². The molecule has 20 heavy (non-hydrogen) atoms. The molecule has 0 heterocycles. The third kappa shape index (κ3) is 3.61. The Bertz CT molecular complexity index is 517. The monoisotopic (exact) mass is 268 g/mol. The number of hydrogen-bond donors (Lipinski definition) is 1. The van der Waals surface area contributed by atoms with E-state index < -0.39 is 0 Å². The van der Waals surface area contributed by atoms with Crippen LogP contribution in [0.25, 0.3) is 11.1 Å². The van der Waals surface area contributed by atoms with E-state index in [4.69, 9.17) is 5.84 Å². The van der Waals surface area contributed by atoms with Crippen LogP contribution in [0.1, 0.15) is 27.2 Å². The van der Waals surface area contributed by atoms with Crippen LogP contribution in [0.15, 0.2) is 54.6 Å². The van der Waals surface area contributed by atoms with Crippen molar-refractivity contribution in [2.24, 2.45) is 11.8 Å². The molecule has 0 bridgehead atoms. The molecule has 0 aromatic heterocycles. The first-order valence-corrected chi connectivity index (χ1v) is 7.27. The summed E-state index contributed by atoms with van der Waals surface area (Å²) < 4.78 is 0. The van der Waals surface area contributed by atoms with Crippen LogP contribution in [0.3, 0.4) is 0 Å². The summed E-state index contributed by atoms with van der Waals surface area (Å²) in [6.45, 7) is 6.62. The number of hydrazine groups is 1. The molecule has 0 saturated carbocycles. The summed E-state index contributed by atoms with van der Waals surface area (Å²) in [4.78, 5) is 0. The van der Waals surface area contributed by atoms with Gasteiger partial charge in [0.25, 0.3) is 0 Å². The number of rotatable bonds is 5. The van der Waals surface area contributed by atoms with Gasteiger partial charge in [0.15, 0.2) is 0 Å². The highest BCUT2D eigenvalue weighted by Crippen LogP contribution is 2.23. The Morgan fingerprint density at radius 3 is 1.95 bits per heavy atom. The van der Waals surface area contributed by atoms with E-state index in [1.165, 1.54) is 11.1 Å². The van der Waals surface area contributed by atoms with Crippen molar-refractivity contribution in [1.82, 2.24) is 0 Å². The molecule has 2 aromatic rings. The predicted octanol–water partition coefficient (Wildman–Crippen LogP) is 4.47. The van der Waals surface area contributed by atoms with E-state index in [-0.39, 0.29) is 0 Å². The summed E-state index contributed by atoms with van der Waals surface area (Å²) in [5, 5.41) is 1.87. The molecule has 2 aromatic carbocycles. The second-order valence-corrected chi connectivity index (χ2v) is 5.80. The van der Waals surface area contributed by atoms with E-state index in [2.05, 4.69) is 69.3 Å². The normalized spacial score (nSPS) is 12.4. The highest BCUT2D eigenvalue weighted by Gasteiger charge is 2.12. The van der Waals surface area contributed by atoms with Gasteiger partial charge in [0.2, 0.25) is 0 Å². The Morgan fingerprint density at radius 1 is 0.850 bits per heavy atom. The number of hydrogen-bond acceptors (Lipinski definition) is 2. The lowest BCUT2D eigenvalue weighted by Gasteiger charge is -2.27. The molecule has 1 unspecified atom stereocenters. The SMILES string of the molecule is CC(C)CC(C)N(N)c1ccc(-c2ccccc2)cc1. The predicted molar refractivity (Wildman–Crippen MR) is 87.5 cm³/mol. The summed E-state index contributed by atoms with van der Waals surface area (Å²) in [7, 11) is 0. The minimum Gasteiger partial charge on any atom is -0.308 e. The summed E-state index contributed by atoms with van der Waals surface area (Å²) in [6, 6.07) is 19.2. The third-order valence-electron chi connectivity index (χ3n) is 3.56. The quantitative estimate of drug-likeness (QED) is 0.640. The number of benzene rings is 2. The van der Waals surface area contributed by atoms with E-state index >= 15 is 0 Å². The smallest absolute Gasteiger partial charge is 0.0520 e. The van der Waals surface area contributed by atoms with Gasteiger partial charge in [-0.3, -0.25) is 0 Å². The van der Waals surface area contributed by atoms with Crippen molar-refractivity contribution in [2.45, 2.75) is 33.2 Å². The van der Waals surface area contributed by atoms with Gasteiger partial charge in [0, 0.05) is 6.04 Å². The summed E-state index contributed by atoms with van der Waals surface area (Å²) >= 11 is 0. The molecule has 2 N–H and O–H groups in total. The maximum atomic E-state index is 6.21. The number of nitrogens with two attached hydrogens (primary N) is 1. The Hall–Kier alpha value is -1.80. The molecule has 2 heteroatoms. The number of nitrogens with zero attached hydrogens (tertiary/aromatic N) is 1. The van der Waals surface area contributed by atoms with Gasteiger partial charge in [0.05, 0.1) is 5.69 Å². The van der Waals surface area contributed by atoms with Crippen molar-refractivity contribution >= 4 is 5.69 Å². The standard InChI is InChI=1S/C18H24N2/c1-14(2)13-15(3)20(19)18-11-9-17(10-12-18)16-7-5-4-6-8-16/h4-12,14-15H,13,19H2,1-3H3. The molecule has 0 fully saturated rings. The minimum absolute atomic E-state index is 0.345. The van der Waals surface area contributed by atoms with E-state index in [9.17, 15) is 0 Å². The first-order chi connectivity index (χ1) is 9.58. The second-order valence-electron chi connectivity index (χ2n) is 5.80. The lowest BCUT2D eigenvalue weighted by molar-refractivity contribution is 0.493. The Kier molecular flexibility index (Phi) is 4.80. The molecule has 0 amide bonds. The van der Waals surface area contributed by atoms with Gasteiger partial charge in [-0.25, -0.2) is 5.84 Å². The van der Waals surface area contributed by atoms with Crippen molar-refractivity contribution in [2.75, 3.05) is 5.01 Å². The van der Waals surface area contributed by atoms with Crippen LogP contribution in [0.2, 0.25) is 0 Å². The van der Waals surface area contributed by atoms with Gasteiger partial charge in [0.1, 0.15) is 0 Å². The van der Waals surface area contributed by atoms with Gasteiger partial charge < -0.3 is 5.01 Å². The van der Waals surface area contributed by atoms with E-state index in [1.54, 1.807) is 0 Å². The lowest BCUT2D eigenvalue weighted by atomic mass is 10.0. The zero-order chi connectivity index (χ0) is 14.5. The average molecular weight is 268 g/mol. The zero-order valence-electron chi connectivity index (χ0n) is 12.6. The Balaban J connectivity index is 2.12. The third-order valence-corrected chi connectivity index (χ3v) is 3.56. The maximum Gasteiger partial charge on any atom is 0.0520 e. The van der Waals surface area contributed by atoms with Crippen LogP contribution < -0.4 is 10.9 Å². The van der Waals surface area contributed by atoms with Crippen molar-refractivity contribution in [3.8, 4) is 11.1 Å². The summed E-state index contributed by atoms with van der Waals surface area (Å²) in [5.74, 6) is 6.86. The highest BCUT2D eigenvalue weighted by molar-refractivity contribution is 5.66. The fourth-order valence-electron chi connectivity index (χ4n) is 2.51. The van der Waals surface area contributed by atoms with Crippen LogP contribution in [-0.4, -0.2) is 6.04 Å². The molecule has 106 valence electrons. The first-order valence-electron chi connectivity index (χ1n) is 7.27. The fraction of sp³-hybridized carbons (Fsp3) is 0.333. The maximum absolute atomic E-state index is 6.21. The van der Waals surface area contributed by atoms with Gasteiger partial charge in [-0.2, -0.15) is 0 Å². The molecule has 1 atom stereocenters. The Labute approximate surface area is 122 Å². The van der Waals surface area contributed by atoms with Crippen LogP contribution in [0, 0.1) is 5.92 Å². The first kappa shape index (κ1) is 14.6. The van der Waals surface area contributed by atoms with Crippen molar-refractivity contribution in [3.05, 3.63) is 54.6 Å². The van der Waals surface area contributed by atoms with Crippen LogP contribution >= 0.6 is 0 Å². The molecule has 2 nitrogen and oxygen atoms in total. The van der Waals surface area contributed by atoms with Crippen molar-refractivity contribution < 1.29 is 0 Å². The fourth-order valence-corrected chi connectivity index (χ4v) is 2.51. The highest BCUT2D eigenvalue weighted by atomic mass is 15.4. The van der Waals surface area contributed by atoms with Crippen molar-refractivity contribution in [1.29, 1.82) is 0 Å². The molecule has 0 aliphatic rings. The molecule has 0 spiro atoms. The molecule has 0 saturated heterocycles. The minimum atomic E-state index is 0.345.